The molecule has 1 unspecified atom stereocenters. The first kappa shape index (κ1) is 17.3. The predicted molar refractivity (Wildman–Crippen MR) is 95.8 cm³/mol. The molecule has 0 spiro atoms. The van der Waals surface area contributed by atoms with Crippen molar-refractivity contribution in [3.8, 4) is 0 Å². The van der Waals surface area contributed by atoms with E-state index in [1.54, 1.807) is 19.1 Å². The number of hydrogen-bond acceptors (Lipinski definition) is 5. The van der Waals surface area contributed by atoms with E-state index in [-0.39, 0.29) is 11.6 Å². The highest BCUT2D eigenvalue weighted by molar-refractivity contribution is 6.32. The first-order valence-electron chi connectivity index (χ1n) is 7.77. The largest absolute Gasteiger partial charge is 0.466 e. The SMILES string of the molecule is CC(O)(CNc1cnn(Cc2ccccc2)c(=O)c1Cl)c1ccco1. The molecule has 2 aromatic heterocycles. The number of nitrogens with one attached hydrogen (secondary N) is 1. The zero-order valence-corrected chi connectivity index (χ0v) is 14.4. The van der Waals surface area contributed by atoms with Crippen LogP contribution in [0.1, 0.15) is 18.2 Å². The Morgan fingerprint density at radius 3 is 2.72 bits per heavy atom. The Morgan fingerprint density at radius 2 is 2.04 bits per heavy atom. The van der Waals surface area contributed by atoms with Crippen LogP contribution in [0.25, 0.3) is 0 Å². The highest BCUT2D eigenvalue weighted by Gasteiger charge is 2.26. The molecule has 0 radical (unpaired) electrons. The van der Waals surface area contributed by atoms with Gasteiger partial charge >= 0.3 is 0 Å². The van der Waals surface area contributed by atoms with E-state index in [0.717, 1.165) is 5.56 Å². The molecule has 25 heavy (non-hydrogen) atoms. The van der Waals surface area contributed by atoms with Crippen molar-refractivity contribution in [2.24, 2.45) is 0 Å². The Balaban J connectivity index is 1.75. The summed E-state index contributed by atoms with van der Waals surface area (Å²) < 4.78 is 6.52. The van der Waals surface area contributed by atoms with Gasteiger partial charge in [0.2, 0.25) is 0 Å². The van der Waals surface area contributed by atoms with Gasteiger partial charge in [-0.15, -0.1) is 0 Å². The van der Waals surface area contributed by atoms with Crippen LogP contribution in [0.15, 0.2) is 64.1 Å². The van der Waals surface area contributed by atoms with E-state index < -0.39 is 11.2 Å². The Morgan fingerprint density at radius 1 is 1.28 bits per heavy atom. The standard InChI is InChI=1S/C18H18ClN3O3/c1-18(24,15-8-5-9-25-15)12-20-14-10-21-22(17(23)16(14)19)11-13-6-3-2-4-7-13/h2-10,20,24H,11-12H2,1H3. The number of hydrogen-bond donors (Lipinski definition) is 2. The molecule has 2 N–H and O–H groups in total. The molecule has 0 fully saturated rings. The van der Waals surface area contributed by atoms with Crippen LogP contribution in [0.4, 0.5) is 5.69 Å². The summed E-state index contributed by atoms with van der Waals surface area (Å²) >= 11 is 6.18. The highest BCUT2D eigenvalue weighted by atomic mass is 35.5. The normalized spacial score (nSPS) is 13.4. The van der Waals surface area contributed by atoms with Gasteiger partial charge in [0.25, 0.3) is 5.56 Å². The molecule has 0 aliphatic heterocycles. The molecule has 3 aromatic rings. The third-order valence-corrected chi connectivity index (χ3v) is 4.20. The van der Waals surface area contributed by atoms with Gasteiger partial charge in [-0.3, -0.25) is 4.79 Å². The molecule has 0 saturated heterocycles. The number of aromatic nitrogens is 2. The second kappa shape index (κ2) is 7.13. The van der Waals surface area contributed by atoms with Crippen LogP contribution in [-0.4, -0.2) is 21.4 Å². The van der Waals surface area contributed by atoms with Crippen molar-refractivity contribution in [1.29, 1.82) is 0 Å². The van der Waals surface area contributed by atoms with Crippen molar-refractivity contribution in [3.05, 3.63) is 81.6 Å². The summed E-state index contributed by atoms with van der Waals surface area (Å²) in [7, 11) is 0. The van der Waals surface area contributed by atoms with Gasteiger partial charge in [0.05, 0.1) is 31.2 Å². The second-order valence-electron chi connectivity index (χ2n) is 5.93. The minimum atomic E-state index is -1.24. The number of halogens is 1. The summed E-state index contributed by atoms with van der Waals surface area (Å²) in [5, 5.41) is 17.6. The summed E-state index contributed by atoms with van der Waals surface area (Å²) in [6.45, 7) is 2.06. The van der Waals surface area contributed by atoms with Gasteiger partial charge in [0.15, 0.2) is 0 Å². The van der Waals surface area contributed by atoms with Gasteiger partial charge in [-0.1, -0.05) is 41.9 Å². The van der Waals surface area contributed by atoms with E-state index in [4.69, 9.17) is 16.0 Å². The van der Waals surface area contributed by atoms with Gasteiger partial charge in [0.1, 0.15) is 16.4 Å². The first-order chi connectivity index (χ1) is 12.0. The lowest BCUT2D eigenvalue weighted by molar-refractivity contribution is 0.0476. The first-order valence-corrected chi connectivity index (χ1v) is 8.15. The van der Waals surface area contributed by atoms with Crippen molar-refractivity contribution < 1.29 is 9.52 Å². The van der Waals surface area contributed by atoms with Crippen LogP contribution >= 0.6 is 11.6 Å². The lowest BCUT2D eigenvalue weighted by Crippen LogP contribution is -2.31. The molecule has 0 aliphatic carbocycles. The topological polar surface area (TPSA) is 80.3 Å². The van der Waals surface area contributed by atoms with Crippen molar-refractivity contribution in [1.82, 2.24) is 9.78 Å². The molecule has 130 valence electrons. The van der Waals surface area contributed by atoms with Gasteiger partial charge in [-0.25, -0.2) is 4.68 Å². The summed E-state index contributed by atoms with van der Waals surface area (Å²) in [5.41, 5.74) is -0.322. The average molecular weight is 360 g/mol. The molecule has 1 atom stereocenters. The number of nitrogens with zero attached hydrogens (tertiary/aromatic N) is 2. The molecule has 0 amide bonds. The maximum absolute atomic E-state index is 12.4. The van der Waals surface area contributed by atoms with Crippen LogP contribution in [0, 0.1) is 0 Å². The summed E-state index contributed by atoms with van der Waals surface area (Å²) in [4.78, 5) is 12.4. The van der Waals surface area contributed by atoms with Crippen molar-refractivity contribution >= 4 is 17.3 Å². The molecule has 2 heterocycles. The molecular formula is C18H18ClN3O3. The molecule has 7 heteroatoms. The van der Waals surface area contributed by atoms with Crippen molar-refractivity contribution in [3.63, 3.8) is 0 Å². The number of benzene rings is 1. The minimum Gasteiger partial charge on any atom is -0.466 e. The van der Waals surface area contributed by atoms with Crippen molar-refractivity contribution in [2.45, 2.75) is 19.1 Å². The molecule has 0 bridgehead atoms. The van der Waals surface area contributed by atoms with E-state index in [1.165, 1.54) is 17.1 Å². The Bertz CT molecular complexity index is 890. The third-order valence-electron chi connectivity index (χ3n) is 3.84. The van der Waals surface area contributed by atoms with Crippen LogP contribution in [0.5, 0.6) is 0 Å². The number of rotatable bonds is 6. The summed E-state index contributed by atoms with van der Waals surface area (Å²) in [6.07, 6.45) is 2.97. The van der Waals surface area contributed by atoms with Gasteiger partial charge in [-0.2, -0.15) is 5.10 Å². The fraction of sp³-hybridized carbons (Fsp3) is 0.222. The lowest BCUT2D eigenvalue weighted by Gasteiger charge is -2.22. The number of aliphatic hydroxyl groups is 1. The van der Waals surface area contributed by atoms with Crippen LogP contribution < -0.4 is 10.9 Å². The van der Waals surface area contributed by atoms with E-state index in [9.17, 15) is 9.90 Å². The maximum Gasteiger partial charge on any atom is 0.287 e. The predicted octanol–water partition coefficient (Wildman–Crippen LogP) is 2.86. The highest BCUT2D eigenvalue weighted by Crippen LogP contribution is 2.23. The van der Waals surface area contributed by atoms with Gasteiger partial charge in [0, 0.05) is 0 Å². The molecule has 6 nitrogen and oxygen atoms in total. The van der Waals surface area contributed by atoms with Gasteiger partial charge < -0.3 is 14.8 Å². The second-order valence-corrected chi connectivity index (χ2v) is 6.30. The third kappa shape index (κ3) is 3.92. The van der Waals surface area contributed by atoms with Crippen LogP contribution in [0.2, 0.25) is 5.02 Å². The fourth-order valence-electron chi connectivity index (χ4n) is 2.40. The molecule has 0 aliphatic rings. The molecule has 3 rings (SSSR count). The molecule has 0 saturated carbocycles. The van der Waals surface area contributed by atoms with Crippen LogP contribution in [-0.2, 0) is 12.1 Å². The van der Waals surface area contributed by atoms with E-state index >= 15 is 0 Å². The van der Waals surface area contributed by atoms with Crippen molar-refractivity contribution in [2.75, 3.05) is 11.9 Å². The monoisotopic (exact) mass is 359 g/mol. The van der Waals surface area contributed by atoms with E-state index in [1.807, 2.05) is 30.3 Å². The van der Waals surface area contributed by atoms with E-state index in [0.29, 0.717) is 18.0 Å². The molecule has 1 aromatic carbocycles. The molecular weight excluding hydrogens is 342 g/mol. The zero-order valence-electron chi connectivity index (χ0n) is 13.6. The lowest BCUT2D eigenvalue weighted by atomic mass is 10.0. The Hall–Kier alpha value is -2.57. The number of furan rings is 1. The summed E-state index contributed by atoms with van der Waals surface area (Å²) in [5.74, 6) is 0.418. The summed E-state index contributed by atoms with van der Waals surface area (Å²) in [6, 6.07) is 12.9. The Labute approximate surface area is 149 Å². The maximum atomic E-state index is 12.4. The van der Waals surface area contributed by atoms with E-state index in [2.05, 4.69) is 10.4 Å². The number of anilines is 1. The average Bonchev–Trinajstić information content (AvgIpc) is 3.15. The van der Waals surface area contributed by atoms with Crippen LogP contribution in [0.3, 0.4) is 0 Å². The Kier molecular flexibility index (Phi) is 4.92. The minimum absolute atomic E-state index is 0.0289. The van der Waals surface area contributed by atoms with Gasteiger partial charge in [-0.05, 0) is 24.6 Å². The fourth-order valence-corrected chi connectivity index (χ4v) is 2.61. The smallest absolute Gasteiger partial charge is 0.287 e. The quantitative estimate of drug-likeness (QED) is 0.707. The zero-order chi connectivity index (χ0) is 17.9.